The number of amides is 2. The van der Waals surface area contributed by atoms with E-state index in [9.17, 15) is 9.59 Å². The minimum Gasteiger partial charge on any atom is -0.326 e. The van der Waals surface area contributed by atoms with Gasteiger partial charge >= 0.3 is 0 Å². The Labute approximate surface area is 168 Å². The molecule has 27 heavy (non-hydrogen) atoms. The average Bonchev–Trinajstić information content (AvgIpc) is 2.70. The fourth-order valence-corrected chi connectivity index (χ4v) is 3.52. The number of halogens is 1. The molecule has 2 aromatic rings. The number of piperidine rings is 1. The first-order chi connectivity index (χ1) is 13.0. The molecule has 0 aromatic heterocycles. The van der Waals surface area contributed by atoms with Crippen LogP contribution < -0.4 is 10.6 Å². The second kappa shape index (κ2) is 9.15. The van der Waals surface area contributed by atoms with Crippen molar-refractivity contribution >= 4 is 39.1 Å². The van der Waals surface area contributed by atoms with Crippen LogP contribution in [-0.2, 0) is 9.59 Å². The van der Waals surface area contributed by atoms with E-state index >= 15 is 0 Å². The largest absolute Gasteiger partial charge is 0.326 e. The highest BCUT2D eigenvalue weighted by Gasteiger charge is 2.29. The van der Waals surface area contributed by atoms with Crippen LogP contribution in [0, 0.1) is 5.92 Å². The Morgan fingerprint density at radius 2 is 1.56 bits per heavy atom. The maximum atomic E-state index is 12.5. The number of hydrogen-bond acceptors (Lipinski definition) is 3. The van der Waals surface area contributed by atoms with Gasteiger partial charge in [0, 0.05) is 21.8 Å². The van der Waals surface area contributed by atoms with Crippen molar-refractivity contribution in [2.45, 2.75) is 25.8 Å². The smallest absolute Gasteiger partial charge is 0.241 e. The summed E-state index contributed by atoms with van der Waals surface area (Å²) in [6, 6.07) is 16.8. The molecule has 0 unspecified atom stereocenters. The summed E-state index contributed by atoms with van der Waals surface area (Å²) in [7, 11) is 0. The van der Waals surface area contributed by atoms with Crippen LogP contribution in [0.1, 0.15) is 19.8 Å². The van der Waals surface area contributed by atoms with E-state index in [1.54, 1.807) is 0 Å². The summed E-state index contributed by atoms with van der Waals surface area (Å²) in [5, 5.41) is 5.93. The lowest BCUT2D eigenvalue weighted by Gasteiger charge is -2.34. The summed E-state index contributed by atoms with van der Waals surface area (Å²) >= 11 is 3.39. The molecule has 1 aliphatic rings. The van der Waals surface area contributed by atoms with Crippen LogP contribution in [-0.4, -0.2) is 35.8 Å². The number of benzene rings is 2. The average molecular weight is 430 g/mol. The molecule has 2 N–H and O–H groups in total. The highest BCUT2D eigenvalue weighted by atomic mass is 79.9. The van der Waals surface area contributed by atoms with Gasteiger partial charge in [-0.2, -0.15) is 0 Å². The first-order valence-corrected chi connectivity index (χ1v) is 9.98. The molecular formula is C21H24BrN3O2. The molecule has 1 aliphatic heterocycles. The summed E-state index contributed by atoms with van der Waals surface area (Å²) < 4.78 is 0.976. The standard InChI is InChI=1S/C21H24BrN3O2/c1-15(20(26)23-19-9-7-17(22)8-10-19)25-13-11-16(12-14-25)21(27)24-18-5-3-2-4-6-18/h2-10,15-16H,11-14H2,1H3,(H,23,26)(H,24,27)/t15-/m1/s1. The maximum Gasteiger partial charge on any atom is 0.241 e. The van der Waals surface area contributed by atoms with Crippen molar-refractivity contribution in [3.05, 3.63) is 59.1 Å². The summed E-state index contributed by atoms with van der Waals surface area (Å²) in [5.41, 5.74) is 1.61. The van der Waals surface area contributed by atoms with Crippen molar-refractivity contribution in [2.75, 3.05) is 23.7 Å². The lowest BCUT2D eigenvalue weighted by atomic mass is 9.94. The van der Waals surface area contributed by atoms with Crippen LogP contribution in [0.3, 0.4) is 0 Å². The first kappa shape index (κ1) is 19.6. The molecule has 1 saturated heterocycles. The Morgan fingerprint density at radius 1 is 0.963 bits per heavy atom. The van der Waals surface area contributed by atoms with Gasteiger partial charge < -0.3 is 10.6 Å². The second-order valence-electron chi connectivity index (χ2n) is 6.84. The second-order valence-corrected chi connectivity index (χ2v) is 7.75. The number of nitrogens with zero attached hydrogens (tertiary/aromatic N) is 1. The molecule has 0 radical (unpaired) electrons. The Bertz CT molecular complexity index is 772. The summed E-state index contributed by atoms with van der Waals surface area (Å²) in [6.07, 6.45) is 1.52. The van der Waals surface area contributed by atoms with Gasteiger partial charge in [-0.05, 0) is 69.3 Å². The van der Waals surface area contributed by atoms with E-state index < -0.39 is 0 Å². The van der Waals surface area contributed by atoms with Crippen molar-refractivity contribution in [1.82, 2.24) is 4.90 Å². The Balaban J connectivity index is 1.48. The Kier molecular flexibility index (Phi) is 6.63. The number of para-hydroxylation sites is 1. The van der Waals surface area contributed by atoms with E-state index in [-0.39, 0.29) is 23.8 Å². The zero-order valence-electron chi connectivity index (χ0n) is 15.3. The molecule has 2 amide bonds. The monoisotopic (exact) mass is 429 g/mol. The summed E-state index contributed by atoms with van der Waals surface area (Å²) in [4.78, 5) is 27.1. The molecule has 5 nitrogen and oxygen atoms in total. The van der Waals surface area contributed by atoms with E-state index in [2.05, 4.69) is 31.5 Å². The number of carbonyl (C=O) groups excluding carboxylic acids is 2. The SMILES string of the molecule is C[C@H](C(=O)Nc1ccc(Br)cc1)N1CCC(C(=O)Nc2ccccc2)CC1. The van der Waals surface area contributed by atoms with E-state index in [4.69, 9.17) is 0 Å². The molecule has 2 aromatic carbocycles. The van der Waals surface area contributed by atoms with Crippen LogP contribution >= 0.6 is 15.9 Å². The van der Waals surface area contributed by atoms with Gasteiger partial charge in [-0.15, -0.1) is 0 Å². The van der Waals surface area contributed by atoms with Gasteiger partial charge in [0.05, 0.1) is 6.04 Å². The third kappa shape index (κ3) is 5.40. The topological polar surface area (TPSA) is 61.4 Å². The molecule has 0 bridgehead atoms. The first-order valence-electron chi connectivity index (χ1n) is 9.19. The van der Waals surface area contributed by atoms with Crippen LogP contribution in [0.5, 0.6) is 0 Å². The number of carbonyl (C=O) groups is 2. The van der Waals surface area contributed by atoms with Crippen molar-refractivity contribution in [3.63, 3.8) is 0 Å². The molecule has 142 valence electrons. The van der Waals surface area contributed by atoms with Crippen LogP contribution in [0.15, 0.2) is 59.1 Å². The summed E-state index contributed by atoms with van der Waals surface area (Å²) in [6.45, 7) is 3.39. The van der Waals surface area contributed by atoms with Crippen molar-refractivity contribution in [3.8, 4) is 0 Å². The predicted molar refractivity (Wildman–Crippen MR) is 112 cm³/mol. The van der Waals surface area contributed by atoms with Crippen LogP contribution in [0.4, 0.5) is 11.4 Å². The lowest BCUT2D eigenvalue weighted by molar-refractivity contribution is -0.123. The van der Waals surface area contributed by atoms with Crippen molar-refractivity contribution in [2.24, 2.45) is 5.92 Å². The number of rotatable bonds is 5. The minimum absolute atomic E-state index is 0.0109. The number of anilines is 2. The number of likely N-dealkylation sites (tertiary alicyclic amines) is 1. The zero-order chi connectivity index (χ0) is 19.2. The fourth-order valence-electron chi connectivity index (χ4n) is 3.26. The third-order valence-corrected chi connectivity index (χ3v) is 5.51. The predicted octanol–water partition coefficient (Wildman–Crippen LogP) is 4.13. The molecule has 1 heterocycles. The number of hydrogen-bond donors (Lipinski definition) is 2. The fraction of sp³-hybridized carbons (Fsp3) is 0.333. The van der Waals surface area contributed by atoms with Gasteiger partial charge in [-0.25, -0.2) is 0 Å². The normalized spacial score (nSPS) is 16.5. The van der Waals surface area contributed by atoms with Crippen molar-refractivity contribution < 1.29 is 9.59 Å². The van der Waals surface area contributed by atoms with Gasteiger partial charge in [0.25, 0.3) is 0 Å². The molecular weight excluding hydrogens is 406 g/mol. The lowest BCUT2D eigenvalue weighted by Crippen LogP contribution is -2.47. The molecule has 3 rings (SSSR count). The molecule has 1 fully saturated rings. The highest BCUT2D eigenvalue weighted by molar-refractivity contribution is 9.10. The third-order valence-electron chi connectivity index (χ3n) is 4.98. The van der Waals surface area contributed by atoms with E-state index in [1.807, 2.05) is 61.5 Å². The molecule has 0 spiro atoms. The van der Waals surface area contributed by atoms with Gasteiger partial charge in [-0.1, -0.05) is 34.1 Å². The number of nitrogens with one attached hydrogen (secondary N) is 2. The molecule has 1 atom stereocenters. The van der Waals surface area contributed by atoms with Crippen molar-refractivity contribution in [1.29, 1.82) is 0 Å². The van der Waals surface area contributed by atoms with E-state index in [0.717, 1.165) is 41.8 Å². The van der Waals surface area contributed by atoms with Gasteiger partial charge in [0.15, 0.2) is 0 Å². The minimum atomic E-state index is -0.230. The van der Waals surface area contributed by atoms with Crippen LogP contribution in [0.25, 0.3) is 0 Å². The highest BCUT2D eigenvalue weighted by Crippen LogP contribution is 2.22. The Hall–Kier alpha value is -2.18. The zero-order valence-corrected chi connectivity index (χ0v) is 16.9. The molecule has 0 aliphatic carbocycles. The Morgan fingerprint density at radius 3 is 2.19 bits per heavy atom. The summed E-state index contributed by atoms with van der Waals surface area (Å²) in [5.74, 6) is 0.0283. The quantitative estimate of drug-likeness (QED) is 0.750. The van der Waals surface area contributed by atoms with Gasteiger partial charge in [0.1, 0.15) is 0 Å². The van der Waals surface area contributed by atoms with E-state index in [1.165, 1.54) is 0 Å². The van der Waals surface area contributed by atoms with Gasteiger partial charge in [0.2, 0.25) is 11.8 Å². The van der Waals surface area contributed by atoms with E-state index in [0.29, 0.717) is 0 Å². The molecule has 0 saturated carbocycles. The molecule has 6 heteroatoms. The maximum absolute atomic E-state index is 12.5. The van der Waals surface area contributed by atoms with Gasteiger partial charge in [-0.3, -0.25) is 14.5 Å². The van der Waals surface area contributed by atoms with Crippen LogP contribution in [0.2, 0.25) is 0 Å².